The highest BCUT2D eigenvalue weighted by Crippen LogP contribution is 2.18. The maximum Gasteiger partial charge on any atom is -0.0320 e. The average Bonchev–Trinajstić information content (AvgIpc) is 2.16. The van der Waals surface area contributed by atoms with Gasteiger partial charge < -0.3 is 0 Å². The first-order chi connectivity index (χ1) is 7.18. The average molecular weight is 204 g/mol. The van der Waals surface area contributed by atoms with Gasteiger partial charge in [-0.05, 0) is 45.4 Å². The van der Waals surface area contributed by atoms with Crippen LogP contribution in [0.25, 0.3) is 0 Å². The van der Waals surface area contributed by atoms with Crippen LogP contribution in [-0.2, 0) is 0 Å². The molecule has 0 bridgehead atoms. The van der Waals surface area contributed by atoms with E-state index in [-0.39, 0.29) is 0 Å². The normalized spacial score (nSPS) is 24.9. The lowest BCUT2D eigenvalue weighted by atomic mass is 9.96. The van der Waals surface area contributed by atoms with E-state index in [1.807, 2.05) is 0 Å². The van der Waals surface area contributed by atoms with Crippen LogP contribution in [0.1, 0.15) is 52.9 Å². The van der Waals surface area contributed by atoms with Gasteiger partial charge in [-0.3, -0.25) is 0 Å². The van der Waals surface area contributed by atoms with Crippen molar-refractivity contribution in [2.24, 2.45) is 5.92 Å². The van der Waals surface area contributed by atoms with Crippen molar-refractivity contribution in [2.45, 2.75) is 52.9 Å². The number of hydrogen-bond acceptors (Lipinski definition) is 0. The summed E-state index contributed by atoms with van der Waals surface area (Å²) in [6.07, 6.45) is 15.6. The summed E-state index contributed by atoms with van der Waals surface area (Å²) in [5.74, 6) is 0.880. The van der Waals surface area contributed by atoms with Gasteiger partial charge in [0.1, 0.15) is 0 Å². The summed E-state index contributed by atoms with van der Waals surface area (Å²) >= 11 is 0. The van der Waals surface area contributed by atoms with E-state index in [0.29, 0.717) is 0 Å². The zero-order chi connectivity index (χ0) is 11.1. The van der Waals surface area contributed by atoms with Gasteiger partial charge >= 0.3 is 0 Å². The van der Waals surface area contributed by atoms with Crippen LogP contribution in [0.3, 0.4) is 0 Å². The predicted molar refractivity (Wildman–Crippen MR) is 68.9 cm³/mol. The van der Waals surface area contributed by atoms with Crippen molar-refractivity contribution in [3.63, 3.8) is 0 Å². The van der Waals surface area contributed by atoms with Gasteiger partial charge in [-0.15, -0.1) is 0 Å². The topological polar surface area (TPSA) is 0 Å². The Bertz CT molecular complexity index is 266. The molecule has 0 aromatic rings. The number of hydrogen-bond donors (Lipinski definition) is 0. The molecule has 1 aliphatic carbocycles. The molecule has 0 radical (unpaired) electrons. The summed E-state index contributed by atoms with van der Waals surface area (Å²) in [4.78, 5) is 0. The number of allylic oxidation sites excluding steroid dienone is 6. The van der Waals surface area contributed by atoms with Crippen molar-refractivity contribution in [2.75, 3.05) is 0 Å². The Labute approximate surface area is 94.8 Å². The molecule has 1 aliphatic rings. The van der Waals surface area contributed by atoms with Crippen molar-refractivity contribution in [1.29, 1.82) is 0 Å². The third kappa shape index (κ3) is 5.61. The molecule has 0 aromatic carbocycles. The van der Waals surface area contributed by atoms with Gasteiger partial charge in [-0.1, -0.05) is 48.8 Å². The van der Waals surface area contributed by atoms with E-state index >= 15 is 0 Å². The van der Waals surface area contributed by atoms with E-state index in [2.05, 4.69) is 45.1 Å². The van der Waals surface area contributed by atoms with Gasteiger partial charge in [0.25, 0.3) is 0 Å². The van der Waals surface area contributed by atoms with Gasteiger partial charge in [0, 0.05) is 0 Å². The van der Waals surface area contributed by atoms with Crippen molar-refractivity contribution in [3.8, 4) is 0 Å². The standard InChI is InChI=1S/C15H24/c1-13-7-4-9-14(2)11-6-12-15(3)10-5-8-13/h4,7-9,15H,5-6,10-12H2,1-3H3. The quantitative estimate of drug-likeness (QED) is 0.519. The fourth-order valence-electron chi connectivity index (χ4n) is 1.98. The lowest BCUT2D eigenvalue weighted by Crippen LogP contribution is -1.94. The lowest BCUT2D eigenvalue weighted by molar-refractivity contribution is 0.478. The fraction of sp³-hybridized carbons (Fsp3) is 0.600. The van der Waals surface area contributed by atoms with Gasteiger partial charge in [-0.2, -0.15) is 0 Å². The van der Waals surface area contributed by atoms with E-state index in [4.69, 9.17) is 0 Å². The van der Waals surface area contributed by atoms with Crippen LogP contribution in [0.5, 0.6) is 0 Å². The molecule has 84 valence electrons. The molecular formula is C15H24. The Balaban J connectivity index is 2.64. The van der Waals surface area contributed by atoms with Crippen LogP contribution in [0, 0.1) is 5.92 Å². The molecule has 1 rings (SSSR count). The molecule has 0 aliphatic heterocycles. The Hall–Kier alpha value is -0.780. The zero-order valence-corrected chi connectivity index (χ0v) is 10.4. The molecule has 0 heterocycles. The molecule has 0 fully saturated rings. The second kappa shape index (κ2) is 6.66. The van der Waals surface area contributed by atoms with E-state index in [9.17, 15) is 0 Å². The maximum absolute atomic E-state index is 2.38. The summed E-state index contributed by atoms with van der Waals surface area (Å²) in [7, 11) is 0. The van der Waals surface area contributed by atoms with E-state index < -0.39 is 0 Å². The molecule has 0 nitrogen and oxygen atoms in total. The van der Waals surface area contributed by atoms with Gasteiger partial charge in [-0.25, -0.2) is 0 Å². The van der Waals surface area contributed by atoms with Crippen molar-refractivity contribution >= 4 is 0 Å². The minimum atomic E-state index is 0.880. The Morgan fingerprint density at radius 2 is 2.00 bits per heavy atom. The Kier molecular flexibility index (Phi) is 5.45. The molecule has 1 atom stereocenters. The molecular weight excluding hydrogens is 180 g/mol. The predicted octanol–water partition coefficient (Wildman–Crippen LogP) is 5.04. The molecule has 0 heteroatoms. The monoisotopic (exact) mass is 204 g/mol. The van der Waals surface area contributed by atoms with Crippen LogP contribution in [0.2, 0.25) is 0 Å². The zero-order valence-electron chi connectivity index (χ0n) is 10.4. The first-order valence-corrected chi connectivity index (χ1v) is 6.19. The molecule has 1 unspecified atom stereocenters. The van der Waals surface area contributed by atoms with Crippen molar-refractivity contribution < 1.29 is 0 Å². The highest BCUT2D eigenvalue weighted by atomic mass is 14.1. The lowest BCUT2D eigenvalue weighted by Gasteiger charge is -2.10. The van der Waals surface area contributed by atoms with Gasteiger partial charge in [0.2, 0.25) is 0 Å². The highest BCUT2D eigenvalue weighted by Gasteiger charge is 2.01. The third-order valence-electron chi connectivity index (χ3n) is 3.13. The van der Waals surface area contributed by atoms with Crippen molar-refractivity contribution in [3.05, 3.63) is 35.5 Å². The van der Waals surface area contributed by atoms with E-state index in [1.54, 1.807) is 0 Å². The highest BCUT2D eigenvalue weighted by molar-refractivity contribution is 5.22. The first-order valence-electron chi connectivity index (χ1n) is 6.19. The molecule has 0 saturated heterocycles. The van der Waals surface area contributed by atoms with Crippen LogP contribution in [-0.4, -0.2) is 0 Å². The second-order valence-corrected chi connectivity index (χ2v) is 4.90. The minimum absolute atomic E-state index is 0.880. The SMILES string of the molecule is CC1=CCCC(C)CCCC(C)=CC=C1. The second-order valence-electron chi connectivity index (χ2n) is 4.90. The maximum atomic E-state index is 2.38. The molecule has 0 spiro atoms. The minimum Gasteiger partial charge on any atom is -0.0816 e. The van der Waals surface area contributed by atoms with Crippen LogP contribution in [0.4, 0.5) is 0 Å². The summed E-state index contributed by atoms with van der Waals surface area (Å²) in [6, 6.07) is 0. The fourth-order valence-corrected chi connectivity index (χ4v) is 1.98. The molecule has 0 saturated carbocycles. The Morgan fingerprint density at radius 1 is 1.20 bits per heavy atom. The smallest absolute Gasteiger partial charge is 0.0320 e. The van der Waals surface area contributed by atoms with Crippen LogP contribution in [0.15, 0.2) is 35.5 Å². The summed E-state index contributed by atoms with van der Waals surface area (Å²) in [5, 5.41) is 0. The van der Waals surface area contributed by atoms with E-state index in [0.717, 1.165) is 5.92 Å². The number of rotatable bonds is 0. The molecule has 15 heavy (non-hydrogen) atoms. The van der Waals surface area contributed by atoms with Crippen molar-refractivity contribution in [1.82, 2.24) is 0 Å². The molecule has 0 aromatic heterocycles. The van der Waals surface area contributed by atoms with Gasteiger partial charge in [0.05, 0.1) is 0 Å². The molecule has 0 N–H and O–H groups in total. The summed E-state index contributed by atoms with van der Waals surface area (Å²) < 4.78 is 0. The Morgan fingerprint density at radius 3 is 2.80 bits per heavy atom. The largest absolute Gasteiger partial charge is 0.0816 e. The van der Waals surface area contributed by atoms with Crippen LogP contribution >= 0.6 is 0 Å². The summed E-state index contributed by atoms with van der Waals surface area (Å²) in [6.45, 7) is 6.81. The third-order valence-corrected chi connectivity index (χ3v) is 3.13. The summed E-state index contributed by atoms with van der Waals surface area (Å²) in [5.41, 5.74) is 2.90. The van der Waals surface area contributed by atoms with E-state index in [1.165, 1.54) is 43.3 Å². The first kappa shape index (κ1) is 12.3. The van der Waals surface area contributed by atoms with Crippen LogP contribution < -0.4 is 0 Å². The molecule has 0 amide bonds. The van der Waals surface area contributed by atoms with Gasteiger partial charge in [0.15, 0.2) is 0 Å².